The van der Waals surface area contributed by atoms with Crippen molar-refractivity contribution >= 4 is 40.1 Å². The number of aromatic nitrogens is 3. The predicted octanol–water partition coefficient (Wildman–Crippen LogP) is 7.49. The number of rotatable bonds is 12. The molecule has 1 saturated carbocycles. The Bertz CT molecular complexity index is 1480. The van der Waals surface area contributed by atoms with Gasteiger partial charge in [-0.1, -0.05) is 28.4 Å². The highest BCUT2D eigenvalue weighted by molar-refractivity contribution is 6.38. The smallest absolute Gasteiger partial charge is 0.336 e. The molecule has 1 aromatic carbocycles. The topological polar surface area (TPSA) is 108 Å². The van der Waals surface area contributed by atoms with E-state index in [9.17, 15) is 9.90 Å². The van der Waals surface area contributed by atoms with Crippen LogP contribution in [0.4, 0.5) is 0 Å². The molecule has 204 valence electrons. The Morgan fingerprint density at radius 1 is 1.13 bits per heavy atom. The normalized spacial score (nSPS) is 13.4. The molecule has 1 aliphatic carbocycles. The van der Waals surface area contributed by atoms with E-state index in [2.05, 4.69) is 10.1 Å². The van der Waals surface area contributed by atoms with E-state index in [0.717, 1.165) is 49.1 Å². The summed E-state index contributed by atoms with van der Waals surface area (Å²) in [5, 5.41) is 15.3. The standard InChI is InChI=1S/C29H29Cl2N3O5/c1-16(2)38-24-11-10-20(29(35)36)19-9-8-18(33-26(19)24)5-3-4-12-37-15-21-27(34-39-28(21)17-6-7-17)25-22(30)13-32-14-23(25)31/h8-11,13-14,16-17H,3-7,12,15H2,1-2H3,(H,35,36). The highest BCUT2D eigenvalue weighted by Crippen LogP contribution is 2.46. The first-order chi connectivity index (χ1) is 18.8. The highest BCUT2D eigenvalue weighted by Gasteiger charge is 2.33. The molecule has 5 rings (SSSR count). The Morgan fingerprint density at radius 2 is 1.90 bits per heavy atom. The summed E-state index contributed by atoms with van der Waals surface area (Å²) >= 11 is 12.8. The van der Waals surface area contributed by atoms with Crippen molar-refractivity contribution in [2.75, 3.05) is 6.61 Å². The Morgan fingerprint density at radius 3 is 2.59 bits per heavy atom. The molecule has 3 heterocycles. The molecule has 1 aliphatic rings. The maximum Gasteiger partial charge on any atom is 0.336 e. The second kappa shape index (κ2) is 11.9. The number of unbranched alkanes of at least 4 members (excludes halogenated alkanes) is 1. The average molecular weight is 570 g/mol. The molecule has 0 amide bonds. The minimum atomic E-state index is -0.989. The van der Waals surface area contributed by atoms with Gasteiger partial charge in [-0.3, -0.25) is 4.98 Å². The van der Waals surface area contributed by atoms with Crippen molar-refractivity contribution in [1.82, 2.24) is 15.1 Å². The lowest BCUT2D eigenvalue weighted by atomic mass is 10.1. The van der Waals surface area contributed by atoms with Crippen LogP contribution in [-0.2, 0) is 17.8 Å². The van der Waals surface area contributed by atoms with Crippen LogP contribution in [0.15, 0.2) is 41.2 Å². The van der Waals surface area contributed by atoms with E-state index in [4.69, 9.17) is 42.2 Å². The summed E-state index contributed by atoms with van der Waals surface area (Å²) in [5.41, 5.74) is 3.75. The molecule has 1 N–H and O–H groups in total. The second-order valence-corrected chi connectivity index (χ2v) is 10.7. The van der Waals surface area contributed by atoms with Crippen LogP contribution in [0.2, 0.25) is 10.0 Å². The van der Waals surface area contributed by atoms with E-state index in [1.807, 2.05) is 26.0 Å². The lowest BCUT2D eigenvalue weighted by Gasteiger charge is -2.14. The van der Waals surface area contributed by atoms with E-state index >= 15 is 0 Å². The minimum Gasteiger partial charge on any atom is -0.489 e. The zero-order chi connectivity index (χ0) is 27.5. The van der Waals surface area contributed by atoms with Crippen LogP contribution in [0.25, 0.3) is 22.2 Å². The monoisotopic (exact) mass is 569 g/mol. The third-order valence-electron chi connectivity index (χ3n) is 6.55. The van der Waals surface area contributed by atoms with Crippen molar-refractivity contribution in [3.63, 3.8) is 0 Å². The molecule has 39 heavy (non-hydrogen) atoms. The number of pyridine rings is 2. The van der Waals surface area contributed by atoms with Crippen LogP contribution in [0.1, 0.15) is 72.8 Å². The molecule has 0 unspecified atom stereocenters. The van der Waals surface area contributed by atoms with Crippen LogP contribution >= 0.6 is 23.2 Å². The maximum atomic E-state index is 11.7. The van der Waals surface area contributed by atoms with Crippen LogP contribution in [-0.4, -0.2) is 38.9 Å². The number of hydrogen-bond donors (Lipinski definition) is 1. The SMILES string of the molecule is CC(C)Oc1ccc(C(=O)O)c2ccc(CCCCOCc3c(-c4c(Cl)cncc4Cl)noc3C3CC3)nc12. The lowest BCUT2D eigenvalue weighted by molar-refractivity contribution is 0.0699. The number of aromatic carboxylic acids is 1. The molecule has 4 aromatic rings. The zero-order valence-corrected chi connectivity index (χ0v) is 23.3. The largest absolute Gasteiger partial charge is 0.489 e. The number of halogens is 2. The molecule has 8 nitrogen and oxygen atoms in total. The summed E-state index contributed by atoms with van der Waals surface area (Å²) in [6, 6.07) is 6.93. The van der Waals surface area contributed by atoms with Crippen molar-refractivity contribution in [2.24, 2.45) is 0 Å². The molecular formula is C29H29Cl2N3O5. The zero-order valence-electron chi connectivity index (χ0n) is 21.7. The lowest BCUT2D eigenvalue weighted by Crippen LogP contribution is -2.08. The number of ether oxygens (including phenoxy) is 2. The molecule has 0 bridgehead atoms. The van der Waals surface area contributed by atoms with Gasteiger partial charge in [-0.15, -0.1) is 0 Å². The van der Waals surface area contributed by atoms with Crippen LogP contribution in [0, 0.1) is 0 Å². The van der Waals surface area contributed by atoms with Gasteiger partial charge in [0.05, 0.1) is 28.3 Å². The summed E-state index contributed by atoms with van der Waals surface area (Å²) in [5.74, 6) is 0.793. The van der Waals surface area contributed by atoms with Gasteiger partial charge >= 0.3 is 5.97 Å². The van der Waals surface area contributed by atoms with Gasteiger partial charge in [-0.25, -0.2) is 9.78 Å². The minimum absolute atomic E-state index is 0.0523. The highest BCUT2D eigenvalue weighted by atomic mass is 35.5. The maximum absolute atomic E-state index is 11.7. The van der Waals surface area contributed by atoms with E-state index < -0.39 is 5.97 Å². The molecule has 0 aliphatic heterocycles. The fourth-order valence-electron chi connectivity index (χ4n) is 4.55. The summed E-state index contributed by atoms with van der Waals surface area (Å²) in [7, 11) is 0. The first kappa shape index (κ1) is 27.4. The van der Waals surface area contributed by atoms with Gasteiger partial charge in [-0.2, -0.15) is 0 Å². The number of benzene rings is 1. The Kier molecular flexibility index (Phi) is 8.35. The Balaban J connectivity index is 1.22. The van der Waals surface area contributed by atoms with Crippen molar-refractivity contribution < 1.29 is 23.9 Å². The molecule has 3 aromatic heterocycles. The quantitative estimate of drug-likeness (QED) is 0.175. The summed E-state index contributed by atoms with van der Waals surface area (Å²) in [6.07, 6.45) is 7.56. The predicted molar refractivity (Wildman–Crippen MR) is 149 cm³/mol. The van der Waals surface area contributed by atoms with Gasteiger partial charge in [0.2, 0.25) is 0 Å². The first-order valence-corrected chi connectivity index (χ1v) is 13.8. The van der Waals surface area contributed by atoms with Crippen molar-refractivity contribution in [3.8, 4) is 17.0 Å². The van der Waals surface area contributed by atoms with Gasteiger partial charge in [0.1, 0.15) is 22.7 Å². The van der Waals surface area contributed by atoms with Crippen molar-refractivity contribution in [3.05, 3.63) is 69.3 Å². The van der Waals surface area contributed by atoms with Crippen molar-refractivity contribution in [2.45, 2.75) is 64.6 Å². The van der Waals surface area contributed by atoms with Gasteiger partial charge in [0.25, 0.3) is 0 Å². The number of aryl methyl sites for hydroxylation is 1. The molecule has 0 spiro atoms. The second-order valence-electron chi connectivity index (χ2n) is 9.92. The fraction of sp³-hybridized carbons (Fsp3) is 0.379. The fourth-order valence-corrected chi connectivity index (χ4v) is 5.10. The van der Waals surface area contributed by atoms with Gasteiger partial charge < -0.3 is 19.1 Å². The molecule has 0 atom stereocenters. The van der Waals surface area contributed by atoms with Crippen LogP contribution in [0.3, 0.4) is 0 Å². The third kappa shape index (κ3) is 6.19. The number of carboxylic acids is 1. The van der Waals surface area contributed by atoms with Crippen LogP contribution in [0.5, 0.6) is 5.75 Å². The number of nitrogens with zero attached hydrogens (tertiary/aromatic N) is 3. The Labute approximate surface area is 236 Å². The third-order valence-corrected chi connectivity index (χ3v) is 7.12. The van der Waals surface area contributed by atoms with E-state index in [-0.39, 0.29) is 11.7 Å². The summed E-state index contributed by atoms with van der Waals surface area (Å²) in [6.45, 7) is 4.75. The molecular weight excluding hydrogens is 541 g/mol. The van der Waals surface area contributed by atoms with Crippen LogP contribution < -0.4 is 4.74 Å². The van der Waals surface area contributed by atoms with Gasteiger partial charge in [-0.05, 0) is 70.2 Å². The average Bonchev–Trinajstić information content (AvgIpc) is 3.66. The van der Waals surface area contributed by atoms with Gasteiger partial charge in [0.15, 0.2) is 0 Å². The number of carboxylic acid groups (broad SMARTS) is 1. The molecule has 0 radical (unpaired) electrons. The number of carbonyl (C=O) groups is 1. The number of fused-ring (bicyclic) bond motifs is 1. The van der Waals surface area contributed by atoms with E-state index in [1.54, 1.807) is 24.5 Å². The van der Waals surface area contributed by atoms with Gasteiger partial charge in [0, 0.05) is 47.1 Å². The summed E-state index contributed by atoms with van der Waals surface area (Å²) in [4.78, 5) is 20.5. The molecule has 10 heteroatoms. The Hall–Kier alpha value is -3.20. The number of hydrogen-bond acceptors (Lipinski definition) is 7. The molecule has 1 fully saturated rings. The summed E-state index contributed by atoms with van der Waals surface area (Å²) < 4.78 is 17.6. The first-order valence-electron chi connectivity index (χ1n) is 13.0. The van der Waals surface area contributed by atoms with E-state index in [1.165, 1.54) is 0 Å². The van der Waals surface area contributed by atoms with Crippen molar-refractivity contribution in [1.29, 1.82) is 0 Å². The van der Waals surface area contributed by atoms with E-state index in [0.29, 0.717) is 57.1 Å². The molecule has 0 saturated heterocycles.